The second-order valence-corrected chi connectivity index (χ2v) is 8.65. The molecule has 2 aliphatic rings. The Morgan fingerprint density at radius 3 is 2.34 bits per heavy atom. The van der Waals surface area contributed by atoms with Crippen molar-refractivity contribution in [3.05, 3.63) is 53.2 Å². The summed E-state index contributed by atoms with van der Waals surface area (Å²) in [5.74, 6) is 0.234. The molecule has 6 nitrogen and oxygen atoms in total. The SMILES string of the molecule is Cc1coc(C2CC(c3ccc(C(F)(F)F)cc3)CN(C(=O)N3CCC(C#N)CC3)C2)n1. The Labute approximate surface area is 184 Å². The number of nitrogens with zero attached hydrogens (tertiary/aromatic N) is 4. The number of urea groups is 1. The van der Waals surface area contributed by atoms with Crippen LogP contribution in [-0.4, -0.2) is 47.0 Å². The van der Waals surface area contributed by atoms with Crippen LogP contribution in [0.2, 0.25) is 0 Å². The number of benzene rings is 1. The lowest BCUT2D eigenvalue weighted by molar-refractivity contribution is -0.137. The van der Waals surface area contributed by atoms with Gasteiger partial charge in [-0.15, -0.1) is 0 Å². The van der Waals surface area contributed by atoms with Crippen molar-refractivity contribution in [3.8, 4) is 6.07 Å². The number of alkyl halides is 3. The number of rotatable bonds is 2. The Hall–Kier alpha value is -3.02. The zero-order chi connectivity index (χ0) is 22.9. The second-order valence-electron chi connectivity index (χ2n) is 8.65. The van der Waals surface area contributed by atoms with Crippen molar-refractivity contribution in [1.29, 1.82) is 5.26 Å². The summed E-state index contributed by atoms with van der Waals surface area (Å²) in [6, 6.07) is 7.34. The molecular weight excluding hydrogens is 421 g/mol. The highest BCUT2D eigenvalue weighted by atomic mass is 19.4. The van der Waals surface area contributed by atoms with Gasteiger partial charge in [0.2, 0.25) is 0 Å². The molecule has 170 valence electrons. The van der Waals surface area contributed by atoms with Gasteiger partial charge in [-0.3, -0.25) is 0 Å². The number of nitriles is 1. The number of aryl methyl sites for hydroxylation is 1. The number of hydrogen-bond acceptors (Lipinski definition) is 4. The molecule has 0 spiro atoms. The lowest BCUT2D eigenvalue weighted by Crippen LogP contribution is -2.51. The van der Waals surface area contributed by atoms with Crippen molar-refractivity contribution in [2.24, 2.45) is 5.92 Å². The highest BCUT2D eigenvalue weighted by Gasteiger charge is 2.37. The predicted molar refractivity (Wildman–Crippen MR) is 110 cm³/mol. The summed E-state index contributed by atoms with van der Waals surface area (Å²) in [4.78, 5) is 21.2. The third kappa shape index (κ3) is 4.74. The van der Waals surface area contributed by atoms with Crippen LogP contribution in [0.3, 0.4) is 0 Å². The van der Waals surface area contributed by atoms with Crippen molar-refractivity contribution in [3.63, 3.8) is 0 Å². The number of halogens is 3. The lowest BCUT2D eigenvalue weighted by Gasteiger charge is -2.40. The molecule has 2 aliphatic heterocycles. The molecule has 2 unspecified atom stereocenters. The summed E-state index contributed by atoms with van der Waals surface area (Å²) in [6.07, 6.45) is -0.885. The van der Waals surface area contributed by atoms with Crippen LogP contribution in [0.1, 0.15) is 53.8 Å². The summed E-state index contributed by atoms with van der Waals surface area (Å²) in [7, 11) is 0. The van der Waals surface area contributed by atoms with Crippen LogP contribution in [0.25, 0.3) is 0 Å². The van der Waals surface area contributed by atoms with Crippen molar-refractivity contribution in [2.75, 3.05) is 26.2 Å². The molecule has 2 aromatic rings. The number of likely N-dealkylation sites (tertiary alicyclic amines) is 2. The van der Waals surface area contributed by atoms with E-state index in [2.05, 4.69) is 11.1 Å². The highest BCUT2D eigenvalue weighted by Crippen LogP contribution is 2.37. The molecule has 0 aliphatic carbocycles. The Bertz CT molecular complexity index is 988. The summed E-state index contributed by atoms with van der Waals surface area (Å²) >= 11 is 0. The molecule has 4 rings (SSSR count). The quantitative estimate of drug-likeness (QED) is 0.656. The molecule has 0 radical (unpaired) electrons. The molecule has 0 saturated carbocycles. The first kappa shape index (κ1) is 22.2. The smallest absolute Gasteiger partial charge is 0.416 e. The number of amides is 2. The minimum atomic E-state index is -4.39. The van der Waals surface area contributed by atoms with E-state index in [1.165, 1.54) is 12.1 Å². The van der Waals surface area contributed by atoms with Gasteiger partial charge in [0.15, 0.2) is 5.89 Å². The fraction of sp³-hybridized carbons (Fsp3) is 0.522. The van der Waals surface area contributed by atoms with E-state index in [1.807, 2.05) is 6.92 Å². The molecular formula is C23H25F3N4O2. The zero-order valence-electron chi connectivity index (χ0n) is 17.8. The first-order valence-electron chi connectivity index (χ1n) is 10.8. The minimum absolute atomic E-state index is 0.0247. The molecule has 0 bridgehead atoms. The minimum Gasteiger partial charge on any atom is -0.448 e. The molecule has 1 aromatic carbocycles. The van der Waals surface area contributed by atoms with Crippen molar-refractivity contribution >= 4 is 6.03 Å². The van der Waals surface area contributed by atoms with E-state index in [4.69, 9.17) is 9.68 Å². The maximum absolute atomic E-state index is 13.3. The van der Waals surface area contributed by atoms with E-state index in [0.29, 0.717) is 51.3 Å². The first-order valence-corrected chi connectivity index (χ1v) is 10.8. The molecule has 2 saturated heterocycles. The molecule has 1 aromatic heterocycles. The van der Waals surface area contributed by atoms with Crippen LogP contribution in [0.4, 0.5) is 18.0 Å². The predicted octanol–water partition coefficient (Wildman–Crippen LogP) is 4.93. The van der Waals surface area contributed by atoms with Crippen LogP contribution < -0.4 is 0 Å². The zero-order valence-corrected chi connectivity index (χ0v) is 17.8. The van der Waals surface area contributed by atoms with Crippen LogP contribution in [0.15, 0.2) is 34.9 Å². The van der Waals surface area contributed by atoms with Crippen LogP contribution in [-0.2, 0) is 6.18 Å². The van der Waals surface area contributed by atoms with Gasteiger partial charge in [-0.05, 0) is 43.9 Å². The van der Waals surface area contributed by atoms with Gasteiger partial charge in [-0.25, -0.2) is 9.78 Å². The van der Waals surface area contributed by atoms with E-state index >= 15 is 0 Å². The van der Waals surface area contributed by atoms with Crippen molar-refractivity contribution in [2.45, 2.75) is 44.2 Å². The average Bonchev–Trinajstić information content (AvgIpc) is 3.24. The first-order chi connectivity index (χ1) is 15.2. The normalized spacial score (nSPS) is 22.6. The summed E-state index contributed by atoms with van der Waals surface area (Å²) < 4.78 is 44.5. The standard InChI is InChI=1S/C23H25F3N4O2/c1-15-14-32-21(28-15)19-10-18(17-2-4-20(5-3-17)23(24,25)26)12-30(13-19)22(31)29-8-6-16(11-27)7-9-29/h2-5,14,16,18-19H,6-10,12-13H2,1H3. The number of oxazole rings is 1. The lowest BCUT2D eigenvalue weighted by atomic mass is 9.84. The maximum atomic E-state index is 13.3. The molecule has 9 heteroatoms. The topological polar surface area (TPSA) is 73.4 Å². The summed E-state index contributed by atoms with van der Waals surface area (Å²) in [6.45, 7) is 3.74. The number of carbonyl (C=O) groups excluding carboxylic acids is 1. The highest BCUT2D eigenvalue weighted by molar-refractivity contribution is 5.75. The number of hydrogen-bond donors (Lipinski definition) is 0. The van der Waals surface area contributed by atoms with Gasteiger partial charge >= 0.3 is 12.2 Å². The van der Waals surface area contributed by atoms with E-state index < -0.39 is 11.7 Å². The summed E-state index contributed by atoms with van der Waals surface area (Å²) in [5.41, 5.74) is 0.810. The molecule has 2 fully saturated rings. The van der Waals surface area contributed by atoms with Crippen LogP contribution >= 0.6 is 0 Å². The van der Waals surface area contributed by atoms with Crippen LogP contribution in [0, 0.1) is 24.2 Å². The van der Waals surface area contributed by atoms with Gasteiger partial charge in [-0.2, -0.15) is 18.4 Å². The van der Waals surface area contributed by atoms with Gasteiger partial charge in [0, 0.05) is 38.0 Å². The van der Waals surface area contributed by atoms with E-state index in [-0.39, 0.29) is 23.8 Å². The Kier molecular flexibility index (Phi) is 6.13. The van der Waals surface area contributed by atoms with E-state index in [1.54, 1.807) is 16.1 Å². The second kappa shape index (κ2) is 8.85. The van der Waals surface area contributed by atoms with Crippen LogP contribution in [0.5, 0.6) is 0 Å². The number of piperidine rings is 2. The van der Waals surface area contributed by atoms with E-state index in [9.17, 15) is 18.0 Å². The molecule has 2 atom stereocenters. The van der Waals surface area contributed by atoms with E-state index in [0.717, 1.165) is 23.4 Å². The third-order valence-electron chi connectivity index (χ3n) is 6.36. The third-order valence-corrected chi connectivity index (χ3v) is 6.36. The fourth-order valence-corrected chi connectivity index (χ4v) is 4.58. The van der Waals surface area contributed by atoms with Gasteiger partial charge in [-0.1, -0.05) is 12.1 Å². The van der Waals surface area contributed by atoms with Crippen molar-refractivity contribution in [1.82, 2.24) is 14.8 Å². The van der Waals surface area contributed by atoms with Gasteiger partial charge in [0.1, 0.15) is 6.26 Å². The molecule has 0 N–H and O–H groups in total. The van der Waals surface area contributed by atoms with Gasteiger partial charge in [0.25, 0.3) is 0 Å². The molecule has 2 amide bonds. The van der Waals surface area contributed by atoms with Gasteiger partial charge in [0.05, 0.1) is 23.2 Å². The average molecular weight is 446 g/mol. The maximum Gasteiger partial charge on any atom is 0.416 e. The van der Waals surface area contributed by atoms with Crippen molar-refractivity contribution < 1.29 is 22.4 Å². The summed E-state index contributed by atoms with van der Waals surface area (Å²) in [5, 5.41) is 9.11. The number of aromatic nitrogens is 1. The Morgan fingerprint density at radius 2 is 1.78 bits per heavy atom. The Balaban J connectivity index is 1.55. The van der Waals surface area contributed by atoms with Gasteiger partial charge < -0.3 is 14.2 Å². The largest absolute Gasteiger partial charge is 0.448 e. The fourth-order valence-electron chi connectivity index (χ4n) is 4.58. The Morgan fingerprint density at radius 1 is 1.12 bits per heavy atom. The number of carbonyl (C=O) groups is 1. The monoisotopic (exact) mass is 446 g/mol. The molecule has 3 heterocycles. The molecule has 32 heavy (non-hydrogen) atoms.